The number of nitrogens with one attached hydrogen (secondary N) is 2. The number of carbonyl (C=O) groups is 3. The minimum Gasteiger partial charge on any atom is -0.496 e. The maximum absolute atomic E-state index is 12.1. The van der Waals surface area contributed by atoms with Gasteiger partial charge in [0.25, 0.3) is 17.5 Å². The average Bonchev–Trinajstić information content (AvgIpc) is 2.71. The molecule has 0 unspecified atom stereocenters. The van der Waals surface area contributed by atoms with E-state index in [1.807, 2.05) is 0 Å². The predicted molar refractivity (Wildman–Crippen MR) is 103 cm³/mol. The fourth-order valence-corrected chi connectivity index (χ4v) is 2.42. The number of benzene rings is 2. The summed E-state index contributed by atoms with van der Waals surface area (Å²) in [5, 5.41) is 15.8. The van der Waals surface area contributed by atoms with Crippen LogP contribution in [0.1, 0.15) is 15.9 Å². The first-order valence-electron chi connectivity index (χ1n) is 8.44. The van der Waals surface area contributed by atoms with Crippen molar-refractivity contribution in [1.29, 1.82) is 0 Å². The zero-order valence-corrected chi connectivity index (χ0v) is 15.8. The molecule has 0 aromatic heterocycles. The molecule has 0 fully saturated rings. The minimum atomic E-state index is -0.845. The summed E-state index contributed by atoms with van der Waals surface area (Å²) in [7, 11) is 1.41. The van der Waals surface area contributed by atoms with E-state index in [0.29, 0.717) is 11.3 Å². The fourth-order valence-electron chi connectivity index (χ4n) is 2.42. The van der Waals surface area contributed by atoms with Gasteiger partial charge in [-0.05, 0) is 24.6 Å². The van der Waals surface area contributed by atoms with Gasteiger partial charge in [-0.25, -0.2) is 0 Å². The van der Waals surface area contributed by atoms with Crippen molar-refractivity contribution in [2.45, 2.75) is 6.92 Å². The van der Waals surface area contributed by atoms with Crippen molar-refractivity contribution in [3.63, 3.8) is 0 Å². The Hall–Kier alpha value is -3.95. The van der Waals surface area contributed by atoms with Crippen molar-refractivity contribution in [2.24, 2.45) is 0 Å². The van der Waals surface area contributed by atoms with Crippen LogP contribution in [0.5, 0.6) is 5.75 Å². The maximum atomic E-state index is 12.1. The summed E-state index contributed by atoms with van der Waals surface area (Å²) in [6.07, 6.45) is 0. The Bertz CT molecular complexity index is 943. The number of nitro benzene ring substituents is 1. The lowest BCUT2D eigenvalue weighted by atomic mass is 10.1. The van der Waals surface area contributed by atoms with Gasteiger partial charge in [0.1, 0.15) is 18.0 Å². The second-order valence-corrected chi connectivity index (χ2v) is 5.82. The molecular weight excluding hydrogens is 382 g/mol. The van der Waals surface area contributed by atoms with Crippen molar-refractivity contribution in [3.05, 3.63) is 63.7 Å². The number of esters is 1. The Balaban J connectivity index is 1.86. The largest absolute Gasteiger partial charge is 0.496 e. The molecule has 152 valence electrons. The van der Waals surface area contributed by atoms with Crippen molar-refractivity contribution in [1.82, 2.24) is 5.32 Å². The highest BCUT2D eigenvalue weighted by atomic mass is 16.6. The zero-order chi connectivity index (χ0) is 21.4. The van der Waals surface area contributed by atoms with Crippen LogP contribution in [0, 0.1) is 17.0 Å². The van der Waals surface area contributed by atoms with E-state index < -0.39 is 35.9 Å². The highest BCUT2D eigenvalue weighted by Gasteiger charge is 2.19. The Kier molecular flexibility index (Phi) is 7.24. The van der Waals surface area contributed by atoms with Gasteiger partial charge in [0, 0.05) is 6.07 Å². The van der Waals surface area contributed by atoms with E-state index in [2.05, 4.69) is 10.6 Å². The molecule has 29 heavy (non-hydrogen) atoms. The van der Waals surface area contributed by atoms with Crippen LogP contribution in [0.25, 0.3) is 0 Å². The number of hydrogen-bond acceptors (Lipinski definition) is 7. The van der Waals surface area contributed by atoms with E-state index in [-0.39, 0.29) is 16.9 Å². The molecule has 0 spiro atoms. The number of aryl methyl sites for hydroxylation is 1. The van der Waals surface area contributed by atoms with Gasteiger partial charge in [0.15, 0.2) is 6.61 Å². The van der Waals surface area contributed by atoms with E-state index in [0.717, 1.165) is 0 Å². The number of carbonyl (C=O) groups excluding carboxylic acids is 3. The highest BCUT2D eigenvalue weighted by Crippen LogP contribution is 2.27. The number of ether oxygens (including phenoxy) is 2. The second kappa shape index (κ2) is 9.83. The molecule has 0 heterocycles. The monoisotopic (exact) mass is 401 g/mol. The molecule has 2 rings (SSSR count). The molecule has 10 heteroatoms. The van der Waals surface area contributed by atoms with Crippen molar-refractivity contribution < 1.29 is 28.8 Å². The van der Waals surface area contributed by atoms with Crippen molar-refractivity contribution in [2.75, 3.05) is 25.6 Å². The number of para-hydroxylation sites is 2. The summed E-state index contributed by atoms with van der Waals surface area (Å²) < 4.78 is 9.86. The van der Waals surface area contributed by atoms with Crippen LogP contribution in [0.2, 0.25) is 0 Å². The Labute approximate surface area is 166 Å². The van der Waals surface area contributed by atoms with Crippen LogP contribution in [-0.4, -0.2) is 43.0 Å². The molecule has 0 atom stereocenters. The molecule has 0 bridgehead atoms. The van der Waals surface area contributed by atoms with Crippen LogP contribution in [-0.2, 0) is 14.3 Å². The summed E-state index contributed by atoms with van der Waals surface area (Å²) in [4.78, 5) is 46.3. The predicted octanol–water partition coefficient (Wildman–Crippen LogP) is 1.82. The van der Waals surface area contributed by atoms with Gasteiger partial charge in [-0.15, -0.1) is 0 Å². The fraction of sp³-hybridized carbons (Fsp3) is 0.211. The van der Waals surface area contributed by atoms with Gasteiger partial charge < -0.3 is 20.1 Å². The highest BCUT2D eigenvalue weighted by molar-refractivity contribution is 5.99. The number of hydrogen-bond donors (Lipinski definition) is 2. The van der Waals surface area contributed by atoms with E-state index in [1.165, 1.54) is 25.3 Å². The van der Waals surface area contributed by atoms with Gasteiger partial charge in [-0.2, -0.15) is 0 Å². The third kappa shape index (κ3) is 5.76. The number of rotatable bonds is 8. The van der Waals surface area contributed by atoms with Crippen LogP contribution in [0.15, 0.2) is 42.5 Å². The SMILES string of the molecule is COc1ccccc1C(=O)NCC(=O)OCC(=O)Nc1c(C)cccc1[N+](=O)[O-]. The number of anilines is 1. The van der Waals surface area contributed by atoms with E-state index in [4.69, 9.17) is 9.47 Å². The number of amides is 2. The third-order valence-corrected chi connectivity index (χ3v) is 3.82. The maximum Gasteiger partial charge on any atom is 0.325 e. The summed E-state index contributed by atoms with van der Waals surface area (Å²) in [6, 6.07) is 10.8. The third-order valence-electron chi connectivity index (χ3n) is 3.82. The van der Waals surface area contributed by atoms with Gasteiger partial charge >= 0.3 is 5.97 Å². The first-order valence-corrected chi connectivity index (χ1v) is 8.44. The van der Waals surface area contributed by atoms with Crippen molar-refractivity contribution in [3.8, 4) is 5.75 Å². The number of nitro groups is 1. The first-order chi connectivity index (χ1) is 13.8. The summed E-state index contributed by atoms with van der Waals surface area (Å²) in [5.41, 5.74) is 0.493. The Morgan fingerprint density at radius 3 is 2.52 bits per heavy atom. The molecule has 2 aromatic rings. The molecule has 2 aromatic carbocycles. The molecule has 0 aliphatic carbocycles. The first kappa shape index (κ1) is 21.4. The molecule has 0 aliphatic heterocycles. The molecule has 2 amide bonds. The zero-order valence-electron chi connectivity index (χ0n) is 15.8. The summed E-state index contributed by atoms with van der Waals surface area (Å²) in [5.74, 6) is -1.79. The van der Waals surface area contributed by atoms with Gasteiger partial charge in [0.2, 0.25) is 0 Å². The van der Waals surface area contributed by atoms with Crippen LogP contribution < -0.4 is 15.4 Å². The van der Waals surface area contributed by atoms with Gasteiger partial charge in [0.05, 0.1) is 17.6 Å². The Morgan fingerprint density at radius 2 is 1.83 bits per heavy atom. The summed E-state index contributed by atoms with van der Waals surface area (Å²) >= 11 is 0. The Morgan fingerprint density at radius 1 is 1.10 bits per heavy atom. The molecule has 0 radical (unpaired) electrons. The van der Waals surface area contributed by atoms with Crippen LogP contribution >= 0.6 is 0 Å². The normalized spacial score (nSPS) is 10.0. The lowest BCUT2D eigenvalue weighted by Crippen LogP contribution is -2.32. The van der Waals surface area contributed by atoms with E-state index in [9.17, 15) is 24.5 Å². The lowest BCUT2D eigenvalue weighted by Gasteiger charge is -2.10. The van der Waals surface area contributed by atoms with Gasteiger partial charge in [-0.1, -0.05) is 24.3 Å². The molecule has 10 nitrogen and oxygen atoms in total. The van der Waals surface area contributed by atoms with Crippen LogP contribution in [0.3, 0.4) is 0 Å². The standard InChI is InChI=1S/C19H19N3O7/c1-12-6-5-8-14(22(26)27)18(12)21-16(23)11-29-17(24)10-20-19(25)13-7-3-4-9-15(13)28-2/h3-9H,10-11H2,1-2H3,(H,20,25)(H,21,23). The molecule has 2 N–H and O–H groups in total. The molecule has 0 saturated carbocycles. The topological polar surface area (TPSA) is 137 Å². The quantitative estimate of drug-likeness (QED) is 0.391. The molecule has 0 aliphatic rings. The second-order valence-electron chi connectivity index (χ2n) is 5.82. The number of nitrogens with zero attached hydrogens (tertiary/aromatic N) is 1. The molecular formula is C19H19N3O7. The summed E-state index contributed by atoms with van der Waals surface area (Å²) in [6.45, 7) is 0.478. The number of methoxy groups -OCH3 is 1. The lowest BCUT2D eigenvalue weighted by molar-refractivity contribution is -0.384. The van der Waals surface area contributed by atoms with E-state index >= 15 is 0 Å². The van der Waals surface area contributed by atoms with Gasteiger partial charge in [-0.3, -0.25) is 24.5 Å². The molecule has 0 saturated heterocycles. The van der Waals surface area contributed by atoms with Crippen LogP contribution in [0.4, 0.5) is 11.4 Å². The van der Waals surface area contributed by atoms with Crippen molar-refractivity contribution >= 4 is 29.2 Å². The minimum absolute atomic E-state index is 0.0306. The average molecular weight is 401 g/mol. The van der Waals surface area contributed by atoms with E-state index in [1.54, 1.807) is 31.2 Å². The smallest absolute Gasteiger partial charge is 0.325 e.